The van der Waals surface area contributed by atoms with Crippen LogP contribution in [0.1, 0.15) is 15.9 Å². The number of rotatable bonds is 6. The van der Waals surface area contributed by atoms with Crippen molar-refractivity contribution in [2.45, 2.75) is 6.61 Å². The molecule has 0 unspecified atom stereocenters. The molecular formula is C17H16BrClO5. The molecule has 0 saturated carbocycles. The van der Waals surface area contributed by atoms with E-state index >= 15 is 0 Å². The monoisotopic (exact) mass is 414 g/mol. The first-order valence-corrected chi connectivity index (χ1v) is 8.09. The molecule has 0 heterocycles. The molecule has 0 bridgehead atoms. The van der Waals surface area contributed by atoms with E-state index in [1.54, 1.807) is 12.1 Å². The van der Waals surface area contributed by atoms with Gasteiger partial charge in [0.15, 0.2) is 11.5 Å². The molecule has 0 N–H and O–H groups in total. The van der Waals surface area contributed by atoms with Crippen molar-refractivity contribution in [1.29, 1.82) is 0 Å². The molecule has 2 rings (SSSR count). The normalized spacial score (nSPS) is 10.2. The van der Waals surface area contributed by atoms with E-state index in [0.717, 1.165) is 5.56 Å². The summed E-state index contributed by atoms with van der Waals surface area (Å²) in [6, 6.07) is 8.69. The highest BCUT2D eigenvalue weighted by atomic mass is 79.9. The first-order chi connectivity index (χ1) is 11.5. The number of hydrogen-bond donors (Lipinski definition) is 0. The first kappa shape index (κ1) is 18.4. The zero-order valence-corrected chi connectivity index (χ0v) is 15.7. The Morgan fingerprint density at radius 1 is 1.08 bits per heavy atom. The quantitative estimate of drug-likeness (QED) is 0.651. The molecule has 5 nitrogen and oxygen atoms in total. The van der Waals surface area contributed by atoms with E-state index < -0.39 is 5.97 Å². The third-order valence-corrected chi connectivity index (χ3v) is 4.46. The minimum atomic E-state index is -0.541. The van der Waals surface area contributed by atoms with E-state index in [-0.39, 0.29) is 12.2 Å². The van der Waals surface area contributed by atoms with Gasteiger partial charge in [-0.3, -0.25) is 0 Å². The predicted octanol–water partition coefficient (Wildman–Crippen LogP) is 4.49. The van der Waals surface area contributed by atoms with Gasteiger partial charge in [-0.1, -0.05) is 29.8 Å². The highest BCUT2D eigenvalue weighted by Gasteiger charge is 2.23. The minimum absolute atomic E-state index is 0.0571. The summed E-state index contributed by atoms with van der Waals surface area (Å²) in [6.07, 6.45) is 0. The van der Waals surface area contributed by atoms with E-state index in [2.05, 4.69) is 15.9 Å². The molecule has 2 aromatic carbocycles. The van der Waals surface area contributed by atoms with E-state index in [1.165, 1.54) is 27.4 Å². The zero-order valence-electron chi connectivity index (χ0n) is 13.4. The lowest BCUT2D eigenvalue weighted by Crippen LogP contribution is -2.08. The molecule has 128 valence electrons. The molecule has 0 saturated heterocycles. The van der Waals surface area contributed by atoms with Gasteiger partial charge >= 0.3 is 5.97 Å². The number of carbonyl (C=O) groups is 1. The van der Waals surface area contributed by atoms with Gasteiger partial charge in [-0.15, -0.1) is 0 Å². The van der Waals surface area contributed by atoms with Gasteiger partial charge in [0.25, 0.3) is 0 Å². The standard InChI is InChI=1S/C17H16BrClO5/c1-21-13-8-11(14(18)16(23-3)15(13)22-2)17(20)24-9-10-6-4-5-7-12(10)19/h4-8H,9H2,1-3H3. The molecule has 0 aromatic heterocycles. The summed E-state index contributed by atoms with van der Waals surface area (Å²) in [5.41, 5.74) is 0.979. The average Bonchev–Trinajstić information content (AvgIpc) is 2.60. The Kier molecular flexibility index (Phi) is 6.34. The lowest BCUT2D eigenvalue weighted by atomic mass is 10.1. The van der Waals surface area contributed by atoms with Crippen LogP contribution in [0, 0.1) is 0 Å². The molecule has 2 aromatic rings. The number of carbonyl (C=O) groups excluding carboxylic acids is 1. The van der Waals surface area contributed by atoms with Crippen molar-refractivity contribution in [3.63, 3.8) is 0 Å². The molecule has 0 aliphatic heterocycles. The number of benzene rings is 2. The Balaban J connectivity index is 2.30. The number of esters is 1. The van der Waals surface area contributed by atoms with Crippen LogP contribution in [0.2, 0.25) is 5.02 Å². The second kappa shape index (κ2) is 8.26. The van der Waals surface area contributed by atoms with Gasteiger partial charge in [0.05, 0.1) is 31.4 Å². The lowest BCUT2D eigenvalue weighted by Gasteiger charge is -2.16. The molecule has 0 aliphatic rings. The van der Waals surface area contributed by atoms with E-state index in [9.17, 15) is 4.79 Å². The van der Waals surface area contributed by atoms with Gasteiger partial charge in [-0.05, 0) is 28.1 Å². The largest absolute Gasteiger partial charge is 0.493 e. The van der Waals surface area contributed by atoms with Gasteiger partial charge < -0.3 is 18.9 Å². The van der Waals surface area contributed by atoms with Crippen LogP contribution in [0.3, 0.4) is 0 Å². The van der Waals surface area contributed by atoms with Crippen LogP contribution < -0.4 is 14.2 Å². The summed E-state index contributed by atoms with van der Waals surface area (Å²) in [5.74, 6) is 0.555. The van der Waals surface area contributed by atoms with Crippen molar-refractivity contribution >= 4 is 33.5 Å². The van der Waals surface area contributed by atoms with Crippen LogP contribution in [0.25, 0.3) is 0 Å². The van der Waals surface area contributed by atoms with Gasteiger partial charge in [0, 0.05) is 10.6 Å². The second-order valence-electron chi connectivity index (χ2n) is 4.67. The second-order valence-corrected chi connectivity index (χ2v) is 5.87. The summed E-state index contributed by atoms with van der Waals surface area (Å²) in [5, 5.41) is 0.536. The molecule has 0 aliphatic carbocycles. The lowest BCUT2D eigenvalue weighted by molar-refractivity contribution is 0.0470. The van der Waals surface area contributed by atoms with E-state index in [0.29, 0.717) is 26.7 Å². The molecule has 0 fully saturated rings. The number of ether oxygens (including phenoxy) is 4. The van der Waals surface area contributed by atoms with Crippen LogP contribution in [0.4, 0.5) is 0 Å². The highest BCUT2D eigenvalue weighted by molar-refractivity contribution is 9.10. The SMILES string of the molecule is COc1cc(C(=O)OCc2ccccc2Cl)c(Br)c(OC)c1OC. The third kappa shape index (κ3) is 3.76. The molecule has 24 heavy (non-hydrogen) atoms. The Morgan fingerprint density at radius 2 is 1.75 bits per heavy atom. The fraction of sp³-hybridized carbons (Fsp3) is 0.235. The summed E-state index contributed by atoms with van der Waals surface area (Å²) in [7, 11) is 4.44. The third-order valence-electron chi connectivity index (χ3n) is 3.31. The van der Waals surface area contributed by atoms with Crippen LogP contribution in [0.15, 0.2) is 34.8 Å². The van der Waals surface area contributed by atoms with Crippen molar-refractivity contribution in [2.75, 3.05) is 21.3 Å². The van der Waals surface area contributed by atoms with Crippen molar-refractivity contribution < 1.29 is 23.7 Å². The van der Waals surface area contributed by atoms with Crippen LogP contribution in [-0.2, 0) is 11.3 Å². The fourth-order valence-corrected chi connectivity index (χ4v) is 2.91. The van der Waals surface area contributed by atoms with E-state index in [1.807, 2.05) is 12.1 Å². The maximum Gasteiger partial charge on any atom is 0.339 e. The van der Waals surface area contributed by atoms with Gasteiger partial charge in [0.1, 0.15) is 6.61 Å². The number of methoxy groups -OCH3 is 3. The van der Waals surface area contributed by atoms with Crippen molar-refractivity contribution in [1.82, 2.24) is 0 Å². The number of halogens is 2. The smallest absolute Gasteiger partial charge is 0.339 e. The Morgan fingerprint density at radius 3 is 2.33 bits per heavy atom. The highest BCUT2D eigenvalue weighted by Crippen LogP contribution is 2.44. The van der Waals surface area contributed by atoms with Crippen LogP contribution >= 0.6 is 27.5 Å². The molecular weight excluding hydrogens is 400 g/mol. The van der Waals surface area contributed by atoms with Crippen LogP contribution in [-0.4, -0.2) is 27.3 Å². The van der Waals surface area contributed by atoms with Crippen molar-refractivity contribution in [3.8, 4) is 17.2 Å². The fourth-order valence-electron chi connectivity index (χ4n) is 2.11. The van der Waals surface area contributed by atoms with Gasteiger partial charge in [0.2, 0.25) is 5.75 Å². The summed E-state index contributed by atoms with van der Waals surface area (Å²) in [4.78, 5) is 12.4. The van der Waals surface area contributed by atoms with Crippen molar-refractivity contribution in [2.24, 2.45) is 0 Å². The van der Waals surface area contributed by atoms with E-state index in [4.69, 9.17) is 30.5 Å². The Labute approximate surface area is 153 Å². The van der Waals surface area contributed by atoms with Gasteiger partial charge in [-0.2, -0.15) is 0 Å². The number of hydrogen-bond acceptors (Lipinski definition) is 5. The summed E-state index contributed by atoms with van der Waals surface area (Å²) >= 11 is 9.41. The summed E-state index contributed by atoms with van der Waals surface area (Å²) in [6.45, 7) is 0.0571. The molecule has 0 atom stereocenters. The molecule has 0 radical (unpaired) electrons. The molecule has 7 heteroatoms. The maximum atomic E-state index is 12.4. The van der Waals surface area contributed by atoms with Crippen molar-refractivity contribution in [3.05, 3.63) is 51.0 Å². The zero-order chi connectivity index (χ0) is 17.7. The van der Waals surface area contributed by atoms with Crippen LogP contribution in [0.5, 0.6) is 17.2 Å². The Hall–Kier alpha value is -1.92. The molecule has 0 amide bonds. The topological polar surface area (TPSA) is 54.0 Å². The minimum Gasteiger partial charge on any atom is -0.493 e. The first-order valence-electron chi connectivity index (χ1n) is 6.92. The maximum absolute atomic E-state index is 12.4. The summed E-state index contributed by atoms with van der Waals surface area (Å²) < 4.78 is 21.6. The predicted molar refractivity (Wildman–Crippen MR) is 94.4 cm³/mol. The molecule has 0 spiro atoms. The van der Waals surface area contributed by atoms with Gasteiger partial charge in [-0.25, -0.2) is 4.79 Å². The Bertz CT molecular complexity index is 748. The average molecular weight is 416 g/mol.